The standard InChI is InChI=1S/C22H21B.Li.H/c23-18-10-17-22(19-11-4-1-5-12-19,20-13-6-2-7-14-20)21-15-8-3-9-16-21;;/h1-9,11-16H,10,17-18H2;;/q;+1;-1. The molecule has 24 heavy (non-hydrogen) atoms. The van der Waals surface area contributed by atoms with Crippen molar-refractivity contribution in [3.63, 3.8) is 0 Å². The van der Waals surface area contributed by atoms with Crippen molar-refractivity contribution in [1.82, 2.24) is 0 Å². The van der Waals surface area contributed by atoms with Crippen molar-refractivity contribution in [3.05, 3.63) is 108 Å². The van der Waals surface area contributed by atoms with Gasteiger partial charge >= 0.3 is 18.9 Å². The molecule has 0 aliphatic heterocycles. The first-order chi connectivity index (χ1) is 11.4. The average molecular weight is 304 g/mol. The Hall–Kier alpha value is -1.68. The van der Waals surface area contributed by atoms with Gasteiger partial charge in [0.1, 0.15) is 0 Å². The summed E-state index contributed by atoms with van der Waals surface area (Å²) in [4.78, 5) is 0. The second-order valence-electron chi connectivity index (χ2n) is 5.90. The van der Waals surface area contributed by atoms with Crippen LogP contribution in [0.2, 0.25) is 6.32 Å². The van der Waals surface area contributed by atoms with Crippen LogP contribution in [0.25, 0.3) is 0 Å². The van der Waals surface area contributed by atoms with Gasteiger partial charge in [0, 0.05) is 5.41 Å². The second-order valence-corrected chi connectivity index (χ2v) is 5.90. The van der Waals surface area contributed by atoms with Crippen LogP contribution < -0.4 is 18.9 Å². The summed E-state index contributed by atoms with van der Waals surface area (Å²) in [5.41, 5.74) is 3.82. The summed E-state index contributed by atoms with van der Waals surface area (Å²) in [6, 6.07) is 32.4. The Morgan fingerprint density at radius 3 is 1.25 bits per heavy atom. The zero-order valence-electron chi connectivity index (χ0n) is 15.4. The minimum atomic E-state index is -0.150. The minimum absolute atomic E-state index is 0. The van der Waals surface area contributed by atoms with Crippen LogP contribution in [0.1, 0.15) is 31.0 Å². The van der Waals surface area contributed by atoms with Crippen molar-refractivity contribution in [2.75, 3.05) is 0 Å². The van der Waals surface area contributed by atoms with Crippen LogP contribution in [0, 0.1) is 0 Å². The van der Waals surface area contributed by atoms with Crippen molar-refractivity contribution < 1.29 is 20.3 Å². The van der Waals surface area contributed by atoms with E-state index < -0.39 is 0 Å². The molecule has 0 fully saturated rings. The first kappa shape index (κ1) is 18.7. The Morgan fingerprint density at radius 1 is 0.625 bits per heavy atom. The van der Waals surface area contributed by atoms with Gasteiger partial charge in [0.2, 0.25) is 0 Å². The van der Waals surface area contributed by atoms with Crippen LogP contribution in [-0.2, 0) is 5.41 Å². The van der Waals surface area contributed by atoms with E-state index in [4.69, 9.17) is 7.85 Å². The molecule has 114 valence electrons. The average Bonchev–Trinajstić information content (AvgIpc) is 2.65. The third kappa shape index (κ3) is 3.69. The van der Waals surface area contributed by atoms with Gasteiger partial charge in [-0.3, -0.25) is 0 Å². The van der Waals surface area contributed by atoms with E-state index >= 15 is 0 Å². The second kappa shape index (κ2) is 8.98. The summed E-state index contributed by atoms with van der Waals surface area (Å²) in [7, 11) is 5.87. The van der Waals surface area contributed by atoms with Gasteiger partial charge in [-0.25, -0.2) is 0 Å². The maximum atomic E-state index is 5.87. The number of hydrogen-bond donors (Lipinski definition) is 0. The van der Waals surface area contributed by atoms with E-state index in [0.29, 0.717) is 6.32 Å². The van der Waals surface area contributed by atoms with Gasteiger partial charge in [-0.15, -0.1) is 0 Å². The molecule has 0 N–H and O–H groups in total. The molecule has 3 aromatic rings. The van der Waals surface area contributed by atoms with E-state index in [1.165, 1.54) is 16.7 Å². The topological polar surface area (TPSA) is 0 Å². The molecule has 0 aromatic heterocycles. The molecular weight excluding hydrogens is 282 g/mol. The van der Waals surface area contributed by atoms with Gasteiger partial charge in [-0.2, -0.15) is 0 Å². The largest absolute Gasteiger partial charge is 1.00 e. The van der Waals surface area contributed by atoms with Crippen molar-refractivity contribution >= 4 is 7.85 Å². The van der Waals surface area contributed by atoms with Gasteiger partial charge in [0.25, 0.3) is 0 Å². The summed E-state index contributed by atoms with van der Waals surface area (Å²) in [6.07, 6.45) is 2.69. The van der Waals surface area contributed by atoms with Crippen LogP contribution in [0.5, 0.6) is 0 Å². The first-order valence-corrected chi connectivity index (χ1v) is 8.24. The summed E-state index contributed by atoms with van der Waals surface area (Å²) in [6.45, 7) is 0. The number of rotatable bonds is 6. The SMILES string of the molecule is [B]CCCC(c1ccccc1)(c1ccccc1)c1ccccc1.[H-].[Li+]. The quantitative estimate of drug-likeness (QED) is 0.485. The van der Waals surface area contributed by atoms with E-state index in [9.17, 15) is 0 Å². The molecule has 3 rings (SSSR count). The van der Waals surface area contributed by atoms with Crippen molar-refractivity contribution in [1.29, 1.82) is 0 Å². The molecule has 0 saturated heterocycles. The molecule has 0 nitrogen and oxygen atoms in total. The van der Waals surface area contributed by atoms with E-state index in [1.54, 1.807) is 0 Å². The Bertz CT molecular complexity index is 620. The molecule has 0 heterocycles. The summed E-state index contributed by atoms with van der Waals surface area (Å²) in [5.74, 6) is 0. The molecule has 0 aliphatic rings. The molecule has 2 heteroatoms. The molecule has 0 aliphatic carbocycles. The molecule has 2 radical (unpaired) electrons. The van der Waals surface area contributed by atoms with Gasteiger partial charge in [0.05, 0.1) is 7.85 Å². The summed E-state index contributed by atoms with van der Waals surface area (Å²) in [5, 5.41) is 0. The van der Waals surface area contributed by atoms with Crippen molar-refractivity contribution in [3.8, 4) is 0 Å². The van der Waals surface area contributed by atoms with E-state index in [2.05, 4.69) is 91.0 Å². The van der Waals surface area contributed by atoms with Crippen LogP contribution >= 0.6 is 0 Å². The zero-order valence-corrected chi connectivity index (χ0v) is 14.4. The van der Waals surface area contributed by atoms with Crippen molar-refractivity contribution in [2.45, 2.75) is 24.6 Å². The summed E-state index contributed by atoms with van der Waals surface area (Å²) < 4.78 is 0. The maximum Gasteiger partial charge on any atom is 1.00 e. The molecule has 0 atom stereocenters. The fourth-order valence-electron chi connectivity index (χ4n) is 3.47. The molecule has 0 bridgehead atoms. The predicted molar refractivity (Wildman–Crippen MR) is 100 cm³/mol. The predicted octanol–water partition coefficient (Wildman–Crippen LogP) is 2.50. The molecule has 0 spiro atoms. The molecule has 0 unspecified atom stereocenters. The molecule has 0 saturated carbocycles. The van der Waals surface area contributed by atoms with Crippen LogP contribution in [-0.4, -0.2) is 7.85 Å². The summed E-state index contributed by atoms with van der Waals surface area (Å²) >= 11 is 0. The Labute approximate surface area is 160 Å². The Kier molecular flexibility index (Phi) is 6.98. The maximum absolute atomic E-state index is 5.87. The zero-order chi connectivity index (χ0) is 16.0. The van der Waals surface area contributed by atoms with Crippen LogP contribution in [0.3, 0.4) is 0 Å². The Morgan fingerprint density at radius 2 is 0.958 bits per heavy atom. The van der Waals surface area contributed by atoms with Gasteiger partial charge in [-0.1, -0.05) is 104 Å². The van der Waals surface area contributed by atoms with E-state index in [1.807, 2.05) is 0 Å². The number of benzene rings is 3. The monoisotopic (exact) mass is 304 g/mol. The van der Waals surface area contributed by atoms with E-state index in [0.717, 1.165) is 12.8 Å². The minimum Gasteiger partial charge on any atom is -1.00 e. The fraction of sp³-hybridized carbons (Fsp3) is 0.182. The smallest absolute Gasteiger partial charge is 1.00 e. The fourth-order valence-corrected chi connectivity index (χ4v) is 3.47. The van der Waals surface area contributed by atoms with Crippen LogP contribution in [0.4, 0.5) is 0 Å². The number of hydrogen-bond acceptors (Lipinski definition) is 0. The Balaban J connectivity index is 0.00000156. The first-order valence-electron chi connectivity index (χ1n) is 8.24. The third-order valence-corrected chi connectivity index (χ3v) is 4.56. The van der Waals surface area contributed by atoms with Crippen molar-refractivity contribution in [2.24, 2.45) is 0 Å². The van der Waals surface area contributed by atoms with E-state index in [-0.39, 0.29) is 25.7 Å². The molecule has 0 amide bonds. The molecular formula is C22H22BLi. The third-order valence-electron chi connectivity index (χ3n) is 4.56. The van der Waals surface area contributed by atoms with Crippen LogP contribution in [0.15, 0.2) is 91.0 Å². The van der Waals surface area contributed by atoms with Gasteiger partial charge in [0.15, 0.2) is 0 Å². The molecule has 3 aromatic carbocycles. The normalized spacial score (nSPS) is 10.8. The van der Waals surface area contributed by atoms with Gasteiger partial charge in [-0.05, 0) is 23.1 Å². The van der Waals surface area contributed by atoms with Gasteiger partial charge < -0.3 is 1.43 Å².